The fourth-order valence-electron chi connectivity index (χ4n) is 13.1. The van der Waals surface area contributed by atoms with Crippen molar-refractivity contribution in [3.05, 3.63) is 0 Å². The minimum atomic E-state index is -1.78. The third kappa shape index (κ3) is 7.69. The van der Waals surface area contributed by atoms with E-state index in [2.05, 4.69) is 53.3 Å². The fourth-order valence-corrected chi connectivity index (χ4v) is 14.2. The molecule has 2 spiro atoms. The van der Waals surface area contributed by atoms with Gasteiger partial charge in [-0.25, -0.2) is 8.51 Å². The van der Waals surface area contributed by atoms with Crippen LogP contribution in [0.4, 0.5) is 0 Å². The molecule has 8 unspecified atom stereocenters. The smallest absolute Gasteiger partial charge is 0.259 e. The van der Waals surface area contributed by atoms with Crippen molar-refractivity contribution < 1.29 is 28.2 Å². The van der Waals surface area contributed by atoms with E-state index in [9.17, 15) is 23.4 Å². The third-order valence-electron chi connectivity index (χ3n) is 17.4. The highest BCUT2D eigenvalue weighted by molar-refractivity contribution is 7.81. The van der Waals surface area contributed by atoms with Crippen LogP contribution in [0.1, 0.15) is 158 Å². The van der Waals surface area contributed by atoms with Crippen LogP contribution in [0.25, 0.3) is 0 Å². The maximum atomic E-state index is 15.4. The van der Waals surface area contributed by atoms with Gasteiger partial charge in [0.05, 0.1) is 6.04 Å². The number of hydrogen-bond acceptors (Lipinski definition) is 8. The molecule has 5 amide bonds. The largest absolute Gasteiger partial charge is 0.343 e. The number of fused-ring (bicyclic) bond motifs is 1. The summed E-state index contributed by atoms with van der Waals surface area (Å²) in [6.45, 7) is 18.8. The van der Waals surface area contributed by atoms with E-state index >= 15 is 4.79 Å². The lowest BCUT2D eigenvalue weighted by Gasteiger charge is -2.40. The van der Waals surface area contributed by atoms with E-state index < -0.39 is 57.5 Å². The van der Waals surface area contributed by atoms with E-state index in [1.165, 1.54) is 6.21 Å². The molecule has 7 fully saturated rings. The molecule has 8 atom stereocenters. The topological polar surface area (TPSA) is 184 Å². The monoisotopic (exact) mass is 869 g/mol. The van der Waals surface area contributed by atoms with Crippen LogP contribution in [-0.4, -0.2) is 116 Å². The van der Waals surface area contributed by atoms with Gasteiger partial charge < -0.3 is 26.3 Å². The molecule has 7 aliphatic rings. The Bertz CT molecular complexity index is 1770. The number of carbonyl (C=O) groups is 5. The predicted molar refractivity (Wildman–Crippen MR) is 236 cm³/mol. The van der Waals surface area contributed by atoms with Crippen LogP contribution in [0.3, 0.4) is 0 Å². The Morgan fingerprint density at radius 2 is 1.48 bits per heavy atom. The first-order chi connectivity index (χ1) is 28.7. The van der Waals surface area contributed by atoms with Gasteiger partial charge in [0, 0.05) is 42.7 Å². The summed E-state index contributed by atoms with van der Waals surface area (Å²) < 4.78 is 17.7. The lowest BCUT2D eigenvalue weighted by atomic mass is 9.73. The van der Waals surface area contributed by atoms with Gasteiger partial charge >= 0.3 is 0 Å². The molecule has 4 saturated carbocycles. The van der Waals surface area contributed by atoms with Crippen LogP contribution in [0, 0.1) is 38.4 Å². The normalized spacial score (nSPS) is 33.7. The van der Waals surface area contributed by atoms with Crippen molar-refractivity contribution in [2.45, 2.75) is 194 Å². The average molecular weight is 869 g/mol. The summed E-state index contributed by atoms with van der Waals surface area (Å²) in [5, 5.41) is 17.9. The van der Waals surface area contributed by atoms with Crippen molar-refractivity contribution >= 4 is 46.9 Å². The number of hydrogen-bond donors (Lipinski definition) is 5. The van der Waals surface area contributed by atoms with E-state index in [0.717, 1.165) is 90.0 Å². The zero-order valence-corrected chi connectivity index (χ0v) is 39.2. The Kier molecular flexibility index (Phi) is 12.8. The van der Waals surface area contributed by atoms with Crippen molar-refractivity contribution in [1.29, 1.82) is 5.41 Å². The molecule has 5 N–H and O–H groups in total. The minimum Gasteiger partial charge on any atom is -0.343 e. The molecule has 3 saturated heterocycles. The first-order valence-corrected chi connectivity index (χ1v) is 24.8. The fraction of sp³-hybridized carbons (Fsp3) is 0.870. The van der Waals surface area contributed by atoms with Gasteiger partial charge in [-0.1, -0.05) is 73.6 Å². The second-order valence-electron chi connectivity index (χ2n) is 21.9. The quantitative estimate of drug-likeness (QED) is 0.156. The highest BCUT2D eigenvalue weighted by Gasteiger charge is 2.85. The molecule has 0 aromatic carbocycles. The Labute approximate surface area is 367 Å². The molecule has 0 bridgehead atoms. The summed E-state index contributed by atoms with van der Waals surface area (Å²) in [5.74, 6) is -1.94. The second kappa shape index (κ2) is 16.9. The Morgan fingerprint density at radius 3 is 2.02 bits per heavy atom. The van der Waals surface area contributed by atoms with Gasteiger partial charge in [0.1, 0.15) is 23.7 Å². The molecule has 0 aromatic heterocycles. The van der Waals surface area contributed by atoms with Gasteiger partial charge in [0.15, 0.2) is 11.2 Å². The Hall–Kier alpha value is -2.91. The first-order valence-electron chi connectivity index (χ1n) is 23.7. The number of nitrogens with zero attached hydrogens (tertiary/aromatic N) is 3. The maximum absolute atomic E-state index is 15.4. The maximum Gasteiger partial charge on any atom is 0.259 e. The molecule has 4 aliphatic carbocycles. The van der Waals surface area contributed by atoms with Gasteiger partial charge in [0.2, 0.25) is 23.6 Å². The van der Waals surface area contributed by atoms with Crippen LogP contribution in [0.15, 0.2) is 0 Å². The molecule has 0 radical (unpaired) electrons. The van der Waals surface area contributed by atoms with Gasteiger partial charge in [-0.3, -0.25) is 33.6 Å². The van der Waals surface area contributed by atoms with Crippen LogP contribution in [0.2, 0.25) is 0 Å². The molecule has 342 valence electrons. The molecule has 7 rings (SSSR count). The van der Waals surface area contributed by atoms with E-state index in [-0.39, 0.29) is 58.4 Å². The van der Waals surface area contributed by atoms with Crippen molar-refractivity contribution in [3.63, 3.8) is 0 Å². The molecule has 3 heterocycles. The summed E-state index contributed by atoms with van der Waals surface area (Å²) in [7, 11) is 0. The zero-order chi connectivity index (χ0) is 44.3. The third-order valence-corrected chi connectivity index (χ3v) is 18.6. The predicted octanol–water partition coefficient (Wildman–Crippen LogP) is 4.74. The zero-order valence-electron chi connectivity index (χ0n) is 38.4. The summed E-state index contributed by atoms with van der Waals surface area (Å²) in [6.07, 6.45) is 14.6. The number of amides is 5. The summed E-state index contributed by atoms with van der Waals surface area (Å²) >= 11 is -1.78. The van der Waals surface area contributed by atoms with Gasteiger partial charge in [-0.05, 0) is 113 Å². The van der Waals surface area contributed by atoms with Crippen LogP contribution >= 0.6 is 0 Å². The van der Waals surface area contributed by atoms with Gasteiger partial charge in [0.25, 0.3) is 5.91 Å². The standard InChI is InChI=1S/C46H76N8O6S/c1-9-43(28-47)27-46(43,40(59)51-61(60)52-23-15-16-24-52)50-37(56)33-26-45(42(7,8)44(45)21-17-22-44)29-54(33)39(58)35(41(4,5)6)49-38(57)34(31-18-11-10-12-19-31)48-36(55)32-20-13-14-25-53(32)30(2)3/h28,30-35,47H,9-27,29H2,1-8H3,(H,48,55)(H,49,57)(H,50,56)(H,51,59). The first kappa shape index (κ1) is 46.1. The molecule has 61 heavy (non-hydrogen) atoms. The molecule has 14 nitrogen and oxygen atoms in total. The van der Waals surface area contributed by atoms with Gasteiger partial charge in [-0.15, -0.1) is 0 Å². The van der Waals surface area contributed by atoms with E-state index in [4.69, 9.17) is 5.41 Å². The van der Waals surface area contributed by atoms with Crippen LogP contribution in [-0.2, 0) is 35.1 Å². The molecular weight excluding hydrogens is 793 g/mol. The molecule has 15 heteroatoms. The number of rotatable bonds is 14. The van der Waals surface area contributed by atoms with Crippen molar-refractivity contribution in [2.75, 3.05) is 26.2 Å². The van der Waals surface area contributed by atoms with E-state index in [0.29, 0.717) is 32.5 Å². The van der Waals surface area contributed by atoms with E-state index in [1.54, 1.807) is 9.21 Å². The van der Waals surface area contributed by atoms with Crippen molar-refractivity contribution in [2.24, 2.45) is 33.0 Å². The van der Waals surface area contributed by atoms with E-state index in [1.807, 2.05) is 27.7 Å². The number of carbonyl (C=O) groups excluding carboxylic acids is 5. The van der Waals surface area contributed by atoms with Gasteiger partial charge in [-0.2, -0.15) is 0 Å². The molecule has 3 aliphatic heterocycles. The number of nitrogens with one attached hydrogen (secondary N) is 5. The molecule has 0 aromatic rings. The minimum absolute atomic E-state index is 0.00319. The summed E-state index contributed by atoms with van der Waals surface area (Å²) in [5.41, 5.74) is -3.65. The average Bonchev–Trinajstić information content (AvgIpc) is 3.61. The number of likely N-dealkylation sites (tertiary alicyclic amines) is 2. The van der Waals surface area contributed by atoms with Crippen LogP contribution in [0.5, 0.6) is 0 Å². The highest BCUT2D eigenvalue weighted by Crippen LogP contribution is 2.88. The summed E-state index contributed by atoms with van der Waals surface area (Å²) in [6, 6.07) is -2.85. The summed E-state index contributed by atoms with van der Waals surface area (Å²) in [4.78, 5) is 77.4. The SMILES string of the molecule is CCC1(C=N)CC1(NC(=O)C1CC2(CN1C(=O)C(NC(=O)C(NC(=O)C1CCCCN1C(C)C)C1CCCCC1)C(C)(C)C)C(C)(C)C21CCC1)C(=O)NS(=O)N1CCCC1. The molecular formula is C46H76N8O6S. The second-order valence-corrected chi connectivity index (χ2v) is 23.1. The lowest BCUT2D eigenvalue weighted by molar-refractivity contribution is -0.145. The number of piperidine rings is 1. The Balaban J connectivity index is 1.17. The Morgan fingerprint density at radius 1 is 0.836 bits per heavy atom. The van der Waals surface area contributed by atoms with Crippen molar-refractivity contribution in [1.82, 2.24) is 34.8 Å². The van der Waals surface area contributed by atoms with Crippen molar-refractivity contribution in [3.8, 4) is 0 Å². The van der Waals surface area contributed by atoms with Crippen LogP contribution < -0.4 is 20.7 Å². The highest BCUT2D eigenvalue weighted by atomic mass is 32.2. The lowest BCUT2D eigenvalue weighted by Crippen LogP contribution is -2.63.